The Morgan fingerprint density at radius 3 is 2.21 bits per heavy atom. The van der Waals surface area contributed by atoms with Crippen LogP contribution in [-0.2, 0) is 9.59 Å². The van der Waals surface area contributed by atoms with Gasteiger partial charge in [0, 0.05) is 10.6 Å². The number of imide groups is 1. The van der Waals surface area contributed by atoms with E-state index in [1.165, 1.54) is 54.8 Å². The van der Waals surface area contributed by atoms with Crippen LogP contribution in [0.2, 0.25) is 10.0 Å². The van der Waals surface area contributed by atoms with Crippen molar-refractivity contribution >= 4 is 52.7 Å². The van der Waals surface area contributed by atoms with E-state index in [9.17, 15) is 24.0 Å². The molecule has 0 bridgehead atoms. The lowest BCUT2D eigenvalue weighted by Gasteiger charge is -2.30. The van der Waals surface area contributed by atoms with Crippen molar-refractivity contribution < 1.29 is 33.1 Å². The van der Waals surface area contributed by atoms with Gasteiger partial charge in [-0.3, -0.25) is 19.2 Å². The van der Waals surface area contributed by atoms with E-state index in [2.05, 4.69) is 0 Å². The van der Waals surface area contributed by atoms with E-state index >= 15 is 0 Å². The Hall–Kier alpha value is -4.21. The Labute approximate surface area is 232 Å². The third kappa shape index (κ3) is 5.23. The van der Waals surface area contributed by atoms with Crippen LogP contribution in [0.25, 0.3) is 0 Å². The SMILES string of the molecule is O=C(CN(C(=O)c1ccc(Cl)cc1Cl)N1C(=O)[C@H]2CC=CC[C@@H]2C1=O)c1ccc(OC(=O)c2ccco2)cc1. The lowest BCUT2D eigenvalue weighted by atomic mass is 9.85. The normalized spacial score (nSPS) is 18.2. The average molecular weight is 567 g/mol. The van der Waals surface area contributed by atoms with E-state index in [0.29, 0.717) is 12.8 Å². The highest BCUT2D eigenvalue weighted by Gasteiger charge is 2.51. The molecule has 11 heteroatoms. The van der Waals surface area contributed by atoms with Gasteiger partial charge in [-0.2, -0.15) is 5.01 Å². The van der Waals surface area contributed by atoms with E-state index < -0.39 is 47.9 Å². The molecule has 1 fully saturated rings. The third-order valence-electron chi connectivity index (χ3n) is 6.52. The second-order valence-corrected chi connectivity index (χ2v) is 9.79. The highest BCUT2D eigenvalue weighted by molar-refractivity contribution is 6.36. The molecule has 1 aromatic heterocycles. The summed E-state index contributed by atoms with van der Waals surface area (Å²) in [6.45, 7) is -0.617. The molecule has 3 amide bonds. The minimum Gasteiger partial charge on any atom is -0.457 e. The minimum absolute atomic E-state index is 0.00542. The van der Waals surface area contributed by atoms with Crippen LogP contribution < -0.4 is 4.74 Å². The molecule has 5 rings (SSSR count). The van der Waals surface area contributed by atoms with Crippen LogP contribution in [0.15, 0.2) is 77.4 Å². The molecule has 198 valence electrons. The number of amides is 3. The van der Waals surface area contributed by atoms with Crippen molar-refractivity contribution in [2.24, 2.45) is 11.8 Å². The molecule has 2 heterocycles. The van der Waals surface area contributed by atoms with E-state index in [-0.39, 0.29) is 32.7 Å². The zero-order valence-corrected chi connectivity index (χ0v) is 21.7. The standard InChI is InChI=1S/C28H20Cl2N2O7/c29-17-9-12-21(22(30)14-17)25(34)31(32-26(35)19-4-1-2-5-20(19)27(32)36)15-23(33)16-7-10-18(11-8-16)39-28(37)24-6-3-13-38-24/h1-3,6-14,19-20H,4-5,15H2/t19-,20-/m0/s1. The van der Waals surface area contributed by atoms with Gasteiger partial charge in [0.15, 0.2) is 5.78 Å². The predicted molar refractivity (Wildman–Crippen MR) is 139 cm³/mol. The van der Waals surface area contributed by atoms with Crippen LogP contribution >= 0.6 is 23.2 Å². The number of carbonyl (C=O) groups is 5. The first-order chi connectivity index (χ1) is 18.7. The largest absolute Gasteiger partial charge is 0.457 e. The Morgan fingerprint density at radius 2 is 1.62 bits per heavy atom. The summed E-state index contributed by atoms with van der Waals surface area (Å²) in [6, 6.07) is 12.8. The molecule has 0 N–H and O–H groups in total. The molecule has 1 aliphatic heterocycles. The van der Waals surface area contributed by atoms with E-state index in [0.717, 1.165) is 10.0 Å². The molecule has 0 saturated carbocycles. The first kappa shape index (κ1) is 26.4. The fourth-order valence-electron chi connectivity index (χ4n) is 4.54. The molecule has 2 atom stereocenters. The van der Waals surface area contributed by atoms with Crippen molar-refractivity contribution in [3.8, 4) is 5.75 Å². The van der Waals surface area contributed by atoms with Crippen LogP contribution in [0.4, 0.5) is 0 Å². The molecule has 39 heavy (non-hydrogen) atoms. The maximum absolute atomic E-state index is 13.6. The molecular formula is C28H20Cl2N2O7. The number of ether oxygens (including phenoxy) is 1. The number of esters is 1. The number of halogens is 2. The predicted octanol–water partition coefficient (Wildman–Crippen LogP) is 5.00. The third-order valence-corrected chi connectivity index (χ3v) is 7.07. The van der Waals surface area contributed by atoms with Crippen LogP contribution in [0.3, 0.4) is 0 Å². The Bertz CT molecular complexity index is 1470. The van der Waals surface area contributed by atoms with E-state index in [1.807, 2.05) is 12.2 Å². The van der Waals surface area contributed by atoms with E-state index in [1.54, 1.807) is 6.07 Å². The number of rotatable bonds is 7. The van der Waals surface area contributed by atoms with Crippen molar-refractivity contribution in [2.45, 2.75) is 12.8 Å². The van der Waals surface area contributed by atoms with Gasteiger partial charge in [0.1, 0.15) is 12.3 Å². The number of furan rings is 1. The number of nitrogens with zero attached hydrogens (tertiary/aromatic N) is 2. The number of hydrazine groups is 1. The van der Waals surface area contributed by atoms with Crippen LogP contribution in [-0.4, -0.2) is 46.0 Å². The number of carbonyl (C=O) groups excluding carboxylic acids is 5. The van der Waals surface area contributed by atoms with E-state index in [4.69, 9.17) is 32.4 Å². The van der Waals surface area contributed by atoms with Gasteiger partial charge >= 0.3 is 5.97 Å². The van der Waals surface area contributed by atoms with Gasteiger partial charge in [-0.25, -0.2) is 9.80 Å². The number of benzene rings is 2. The minimum atomic E-state index is -0.803. The Morgan fingerprint density at radius 1 is 0.949 bits per heavy atom. The Kier molecular flexibility index (Phi) is 7.36. The van der Waals surface area contributed by atoms with Gasteiger partial charge in [0.2, 0.25) is 5.76 Å². The van der Waals surface area contributed by atoms with Gasteiger partial charge in [-0.05, 0) is 67.4 Å². The van der Waals surface area contributed by atoms with Gasteiger partial charge in [-0.15, -0.1) is 0 Å². The van der Waals surface area contributed by atoms with Gasteiger partial charge in [-0.1, -0.05) is 35.4 Å². The van der Waals surface area contributed by atoms with Crippen molar-refractivity contribution in [3.05, 3.63) is 99.9 Å². The molecular weight excluding hydrogens is 547 g/mol. The Balaban J connectivity index is 1.40. The summed E-state index contributed by atoms with van der Waals surface area (Å²) in [5, 5.41) is 1.90. The summed E-state index contributed by atoms with van der Waals surface area (Å²) in [5.41, 5.74) is 0.133. The molecule has 1 saturated heterocycles. The second kappa shape index (κ2) is 10.9. The monoisotopic (exact) mass is 566 g/mol. The fraction of sp³-hybridized carbons (Fsp3) is 0.179. The van der Waals surface area contributed by atoms with Crippen molar-refractivity contribution in [3.63, 3.8) is 0 Å². The number of allylic oxidation sites excluding steroid dienone is 2. The summed E-state index contributed by atoms with van der Waals surface area (Å²) >= 11 is 12.2. The smallest absolute Gasteiger partial charge is 0.379 e. The molecule has 9 nitrogen and oxygen atoms in total. The van der Waals surface area contributed by atoms with Crippen LogP contribution in [0.1, 0.15) is 44.1 Å². The molecule has 2 aromatic carbocycles. The highest BCUT2D eigenvalue weighted by atomic mass is 35.5. The quantitative estimate of drug-likeness (QED) is 0.130. The fourth-order valence-corrected chi connectivity index (χ4v) is 5.03. The number of fused-ring (bicyclic) bond motifs is 1. The lowest BCUT2D eigenvalue weighted by Crippen LogP contribution is -2.52. The summed E-state index contributed by atoms with van der Waals surface area (Å²) in [5.74, 6) is -4.24. The molecule has 0 spiro atoms. The maximum Gasteiger partial charge on any atom is 0.379 e. The van der Waals surface area contributed by atoms with Crippen molar-refractivity contribution in [2.75, 3.05) is 6.54 Å². The number of Topliss-reactive ketones (excluding diaryl/α,β-unsaturated/α-hetero) is 1. The summed E-state index contributed by atoms with van der Waals surface area (Å²) in [6.07, 6.45) is 5.71. The molecule has 3 aromatic rings. The first-order valence-electron chi connectivity index (χ1n) is 11.9. The second-order valence-electron chi connectivity index (χ2n) is 8.95. The van der Waals surface area contributed by atoms with Crippen molar-refractivity contribution in [1.29, 1.82) is 0 Å². The maximum atomic E-state index is 13.6. The summed E-state index contributed by atoms with van der Waals surface area (Å²) < 4.78 is 10.2. The van der Waals surface area contributed by atoms with Gasteiger partial charge in [0.25, 0.3) is 17.7 Å². The zero-order valence-electron chi connectivity index (χ0n) is 20.2. The molecule has 1 aliphatic carbocycles. The zero-order chi connectivity index (χ0) is 27.7. The number of hydrogen-bond donors (Lipinski definition) is 0. The average Bonchev–Trinajstić information content (AvgIpc) is 3.55. The number of ketones is 1. The topological polar surface area (TPSA) is 114 Å². The molecule has 0 unspecified atom stereocenters. The van der Waals surface area contributed by atoms with Gasteiger partial charge < -0.3 is 9.15 Å². The first-order valence-corrected chi connectivity index (χ1v) is 12.7. The highest BCUT2D eigenvalue weighted by Crippen LogP contribution is 2.36. The van der Waals surface area contributed by atoms with Crippen LogP contribution in [0, 0.1) is 11.8 Å². The molecule has 2 aliphatic rings. The van der Waals surface area contributed by atoms with Crippen LogP contribution in [0.5, 0.6) is 5.75 Å². The lowest BCUT2D eigenvalue weighted by molar-refractivity contribution is -0.154. The molecule has 0 radical (unpaired) electrons. The number of hydrogen-bond acceptors (Lipinski definition) is 7. The van der Waals surface area contributed by atoms with Gasteiger partial charge in [0.05, 0.1) is 28.7 Å². The summed E-state index contributed by atoms with van der Waals surface area (Å²) in [4.78, 5) is 65.6. The van der Waals surface area contributed by atoms with Crippen molar-refractivity contribution in [1.82, 2.24) is 10.0 Å². The summed E-state index contributed by atoms with van der Waals surface area (Å²) in [7, 11) is 0.